The third kappa shape index (κ3) is 1.80. The van der Waals surface area contributed by atoms with Crippen LogP contribution in [0, 0.1) is 0 Å². The maximum atomic E-state index is 13.4. The highest BCUT2D eigenvalue weighted by atomic mass is 19.1. The number of benzene rings is 1. The van der Waals surface area contributed by atoms with E-state index in [9.17, 15) is 4.39 Å². The molecule has 0 saturated heterocycles. The van der Waals surface area contributed by atoms with Crippen molar-refractivity contribution in [3.05, 3.63) is 47.8 Å². The zero-order valence-electron chi connectivity index (χ0n) is 7.54. The van der Waals surface area contributed by atoms with Crippen LogP contribution in [0.3, 0.4) is 0 Å². The largest absolute Gasteiger partial charge is 0.212 e. The first-order chi connectivity index (χ1) is 6.38. The van der Waals surface area contributed by atoms with Crippen molar-refractivity contribution in [1.82, 2.24) is 0 Å². The summed E-state index contributed by atoms with van der Waals surface area (Å²) in [5.74, 6) is 0.0763. The highest BCUT2D eigenvalue weighted by molar-refractivity contribution is 5.27. The van der Waals surface area contributed by atoms with Crippen molar-refractivity contribution >= 4 is 0 Å². The molecule has 0 saturated carbocycles. The van der Waals surface area contributed by atoms with Gasteiger partial charge in [-0.25, -0.2) is 4.39 Å². The van der Waals surface area contributed by atoms with Crippen LogP contribution in [0.15, 0.2) is 42.2 Å². The smallest absolute Gasteiger partial charge is 0.103 e. The van der Waals surface area contributed by atoms with Gasteiger partial charge in [0.05, 0.1) is 0 Å². The van der Waals surface area contributed by atoms with Gasteiger partial charge in [0.25, 0.3) is 0 Å². The maximum absolute atomic E-state index is 13.4. The number of hydrogen-bond acceptors (Lipinski definition) is 0. The molecule has 1 aromatic rings. The van der Waals surface area contributed by atoms with Gasteiger partial charge in [-0.2, -0.15) is 0 Å². The van der Waals surface area contributed by atoms with Gasteiger partial charge in [-0.1, -0.05) is 36.4 Å². The fourth-order valence-electron chi connectivity index (χ4n) is 1.85. The van der Waals surface area contributed by atoms with E-state index < -0.39 is 0 Å². The van der Waals surface area contributed by atoms with E-state index in [0.29, 0.717) is 0 Å². The molecule has 13 heavy (non-hydrogen) atoms. The Morgan fingerprint density at radius 2 is 1.92 bits per heavy atom. The molecule has 0 heterocycles. The van der Waals surface area contributed by atoms with Crippen molar-refractivity contribution in [3.63, 3.8) is 0 Å². The molecular weight excluding hydrogens is 163 g/mol. The van der Waals surface area contributed by atoms with E-state index in [0.717, 1.165) is 24.8 Å². The normalized spacial score (nSPS) is 22.5. The molecule has 0 radical (unpaired) electrons. The van der Waals surface area contributed by atoms with E-state index in [4.69, 9.17) is 0 Å². The van der Waals surface area contributed by atoms with Gasteiger partial charge >= 0.3 is 0 Å². The zero-order valence-corrected chi connectivity index (χ0v) is 7.54. The summed E-state index contributed by atoms with van der Waals surface area (Å²) < 4.78 is 13.4. The molecule has 1 aromatic carbocycles. The van der Waals surface area contributed by atoms with Crippen molar-refractivity contribution in [1.29, 1.82) is 0 Å². The van der Waals surface area contributed by atoms with Gasteiger partial charge in [0.1, 0.15) is 5.83 Å². The quantitative estimate of drug-likeness (QED) is 0.610. The average Bonchev–Trinajstić information content (AvgIpc) is 2.20. The molecule has 0 spiro atoms. The van der Waals surface area contributed by atoms with Gasteiger partial charge in [-0.05, 0) is 24.8 Å². The second-order valence-electron chi connectivity index (χ2n) is 3.48. The first kappa shape index (κ1) is 8.49. The Morgan fingerprint density at radius 1 is 1.15 bits per heavy atom. The van der Waals surface area contributed by atoms with Crippen LogP contribution < -0.4 is 0 Å². The topological polar surface area (TPSA) is 0 Å². The Balaban J connectivity index is 2.26. The van der Waals surface area contributed by atoms with E-state index >= 15 is 0 Å². The van der Waals surface area contributed by atoms with Crippen LogP contribution >= 0.6 is 0 Å². The predicted octanol–water partition coefficient (Wildman–Crippen LogP) is 3.81. The van der Waals surface area contributed by atoms with Crippen LogP contribution in [0.25, 0.3) is 0 Å². The minimum Gasteiger partial charge on any atom is -0.212 e. The van der Waals surface area contributed by atoms with Crippen molar-refractivity contribution in [2.24, 2.45) is 0 Å². The van der Waals surface area contributed by atoms with Crippen LogP contribution in [0.1, 0.15) is 30.7 Å². The summed E-state index contributed by atoms with van der Waals surface area (Å²) in [7, 11) is 0. The zero-order chi connectivity index (χ0) is 9.10. The molecule has 0 nitrogen and oxygen atoms in total. The van der Waals surface area contributed by atoms with Crippen molar-refractivity contribution in [3.8, 4) is 0 Å². The fourth-order valence-corrected chi connectivity index (χ4v) is 1.85. The lowest BCUT2D eigenvalue weighted by molar-refractivity contribution is 0.483. The number of halogens is 1. The molecule has 0 aliphatic heterocycles. The number of allylic oxidation sites excluding steroid dienone is 2. The lowest BCUT2D eigenvalue weighted by atomic mass is 9.88. The molecule has 1 heteroatoms. The van der Waals surface area contributed by atoms with E-state index in [-0.39, 0.29) is 11.7 Å². The van der Waals surface area contributed by atoms with Gasteiger partial charge in [0.15, 0.2) is 0 Å². The third-order valence-corrected chi connectivity index (χ3v) is 2.57. The molecule has 1 atom stereocenters. The summed E-state index contributed by atoms with van der Waals surface area (Å²) in [6.07, 6.45) is 4.68. The minimum absolute atomic E-state index is 0.0231. The Bertz CT molecular complexity index is 300. The lowest BCUT2D eigenvalue weighted by Crippen LogP contribution is -2.03. The van der Waals surface area contributed by atoms with E-state index in [1.165, 1.54) is 0 Å². The van der Waals surface area contributed by atoms with Crippen LogP contribution in [0.5, 0.6) is 0 Å². The molecule has 2 rings (SSSR count). The highest BCUT2D eigenvalue weighted by Gasteiger charge is 2.18. The predicted molar refractivity (Wildman–Crippen MR) is 52.2 cm³/mol. The van der Waals surface area contributed by atoms with Crippen LogP contribution in [-0.4, -0.2) is 0 Å². The van der Waals surface area contributed by atoms with Crippen LogP contribution in [0.4, 0.5) is 4.39 Å². The Hall–Kier alpha value is -1.11. The van der Waals surface area contributed by atoms with E-state index in [2.05, 4.69) is 0 Å². The van der Waals surface area contributed by atoms with E-state index in [1.54, 1.807) is 6.08 Å². The van der Waals surface area contributed by atoms with Gasteiger partial charge in [0.2, 0.25) is 0 Å². The van der Waals surface area contributed by atoms with Gasteiger partial charge in [0, 0.05) is 5.92 Å². The summed E-state index contributed by atoms with van der Waals surface area (Å²) in [5.41, 5.74) is 1.11. The van der Waals surface area contributed by atoms with Crippen molar-refractivity contribution < 1.29 is 4.39 Å². The highest BCUT2D eigenvalue weighted by Crippen LogP contribution is 2.34. The molecule has 0 fully saturated rings. The molecule has 1 unspecified atom stereocenters. The Kier molecular flexibility index (Phi) is 2.44. The van der Waals surface area contributed by atoms with Gasteiger partial charge in [-0.3, -0.25) is 0 Å². The minimum atomic E-state index is 0.0231. The third-order valence-electron chi connectivity index (χ3n) is 2.57. The molecule has 1 aliphatic carbocycles. The Labute approximate surface area is 78.1 Å². The van der Waals surface area contributed by atoms with Crippen molar-refractivity contribution in [2.45, 2.75) is 25.2 Å². The summed E-state index contributed by atoms with van der Waals surface area (Å²) >= 11 is 0. The molecule has 0 bridgehead atoms. The molecular formula is C12H13F. The van der Waals surface area contributed by atoms with E-state index in [1.807, 2.05) is 30.3 Å². The van der Waals surface area contributed by atoms with Crippen LogP contribution in [0.2, 0.25) is 0 Å². The average molecular weight is 176 g/mol. The van der Waals surface area contributed by atoms with Gasteiger partial charge in [-0.15, -0.1) is 0 Å². The summed E-state index contributed by atoms with van der Waals surface area (Å²) in [5, 5.41) is 0. The van der Waals surface area contributed by atoms with Crippen LogP contribution in [-0.2, 0) is 0 Å². The van der Waals surface area contributed by atoms with Gasteiger partial charge < -0.3 is 0 Å². The summed E-state index contributed by atoms with van der Waals surface area (Å²) in [6, 6.07) is 9.91. The Morgan fingerprint density at radius 3 is 2.62 bits per heavy atom. The molecule has 1 aliphatic rings. The summed E-state index contributed by atoms with van der Waals surface area (Å²) in [4.78, 5) is 0. The SMILES string of the molecule is FC1=CCCCC1c1ccccc1. The monoisotopic (exact) mass is 176 g/mol. The second-order valence-corrected chi connectivity index (χ2v) is 3.48. The maximum Gasteiger partial charge on any atom is 0.103 e. The number of hydrogen-bond donors (Lipinski definition) is 0. The lowest BCUT2D eigenvalue weighted by Gasteiger charge is -2.18. The molecule has 0 aromatic heterocycles. The molecule has 0 amide bonds. The molecule has 68 valence electrons. The number of rotatable bonds is 1. The first-order valence-corrected chi connectivity index (χ1v) is 4.78. The standard InChI is InChI=1S/C12H13F/c13-12-9-5-4-8-11(12)10-6-2-1-3-7-10/h1-3,6-7,9,11H,4-5,8H2. The second kappa shape index (κ2) is 3.73. The first-order valence-electron chi connectivity index (χ1n) is 4.78. The summed E-state index contributed by atoms with van der Waals surface area (Å²) in [6.45, 7) is 0. The fraction of sp³-hybridized carbons (Fsp3) is 0.333. The molecule has 0 N–H and O–H groups in total. The van der Waals surface area contributed by atoms with Crippen molar-refractivity contribution in [2.75, 3.05) is 0 Å².